The summed E-state index contributed by atoms with van der Waals surface area (Å²) >= 11 is 0. The fourth-order valence-electron chi connectivity index (χ4n) is 9.43. The molecule has 4 aromatic rings. The third-order valence-electron chi connectivity index (χ3n) is 13.4. The lowest BCUT2D eigenvalue weighted by Crippen LogP contribution is -2.66. The first kappa shape index (κ1) is 45.2. The SMILES string of the molecule is NC(CCCC(B(O)O)C(CCCB(O)O)C(N)(C(=O)O)C1CC(NCc2ccc(-c3ccccc3)cc2)C1)(C(=O)O)C1CC(NCc2ccc(-c3ccccc3)cc2)C1. The summed E-state index contributed by atoms with van der Waals surface area (Å²) in [6.07, 6.45) is 2.63. The lowest BCUT2D eigenvalue weighted by molar-refractivity contribution is -0.151. The van der Waals surface area contributed by atoms with Crippen molar-refractivity contribution >= 4 is 26.2 Å². The molecule has 2 aliphatic rings. The third kappa shape index (κ3) is 10.9. The number of carboxylic acid groups (broad SMARTS) is 2. The molecule has 0 heterocycles. The summed E-state index contributed by atoms with van der Waals surface area (Å²) in [6, 6.07) is 36.9. The Hall–Kier alpha value is -4.37. The second-order valence-electron chi connectivity index (χ2n) is 17.2. The molecule has 0 aliphatic heterocycles. The van der Waals surface area contributed by atoms with Crippen LogP contribution in [-0.2, 0) is 22.7 Å². The Morgan fingerprint density at radius 3 is 1.48 bits per heavy atom. The first-order chi connectivity index (χ1) is 28.8. The average molecular weight is 819 g/mol. The number of carboxylic acids is 2. The van der Waals surface area contributed by atoms with Gasteiger partial charge < -0.3 is 52.4 Å². The number of rotatable bonds is 23. The predicted molar refractivity (Wildman–Crippen MR) is 235 cm³/mol. The summed E-state index contributed by atoms with van der Waals surface area (Å²) in [6.45, 7) is 1.21. The molecule has 0 amide bonds. The van der Waals surface area contributed by atoms with Gasteiger partial charge in [0.15, 0.2) is 0 Å². The minimum Gasteiger partial charge on any atom is -0.480 e. The van der Waals surface area contributed by atoms with Gasteiger partial charge in [0.2, 0.25) is 0 Å². The molecule has 0 saturated heterocycles. The minimum atomic E-state index is -1.94. The normalized spacial score (nSPS) is 21.6. The van der Waals surface area contributed by atoms with Crippen molar-refractivity contribution in [3.05, 3.63) is 120 Å². The topological polar surface area (TPSA) is 232 Å². The van der Waals surface area contributed by atoms with E-state index >= 15 is 0 Å². The van der Waals surface area contributed by atoms with Crippen molar-refractivity contribution < 1.29 is 39.9 Å². The summed E-state index contributed by atoms with van der Waals surface area (Å²) in [5.41, 5.74) is 16.8. The molecule has 2 aliphatic carbocycles. The monoisotopic (exact) mass is 818 g/mol. The zero-order valence-electron chi connectivity index (χ0n) is 34.2. The van der Waals surface area contributed by atoms with Gasteiger partial charge in [-0.2, -0.15) is 0 Å². The van der Waals surface area contributed by atoms with Crippen LogP contribution in [0.1, 0.15) is 68.9 Å². The Bertz CT molecular complexity index is 1970. The summed E-state index contributed by atoms with van der Waals surface area (Å²) in [7, 11) is -3.56. The number of hydrogen-bond donors (Lipinski definition) is 10. The summed E-state index contributed by atoms with van der Waals surface area (Å²) in [5, 5.41) is 68.8. The fourth-order valence-corrected chi connectivity index (χ4v) is 9.43. The molecule has 0 bridgehead atoms. The van der Waals surface area contributed by atoms with Gasteiger partial charge in [-0.3, -0.25) is 9.59 Å². The first-order valence-corrected chi connectivity index (χ1v) is 21.3. The highest BCUT2D eigenvalue weighted by molar-refractivity contribution is 6.43. The van der Waals surface area contributed by atoms with E-state index in [2.05, 4.69) is 83.4 Å². The second kappa shape index (κ2) is 20.5. The molecule has 14 heteroatoms. The molecule has 2 fully saturated rings. The van der Waals surface area contributed by atoms with Crippen LogP contribution < -0.4 is 22.1 Å². The fraction of sp³-hybridized carbons (Fsp3) is 0.435. The van der Waals surface area contributed by atoms with Crippen molar-refractivity contribution in [2.75, 3.05) is 0 Å². The Morgan fingerprint density at radius 1 is 0.617 bits per heavy atom. The number of nitrogens with two attached hydrogens (primary N) is 2. The molecule has 4 atom stereocenters. The highest BCUT2D eigenvalue weighted by atomic mass is 16.4. The van der Waals surface area contributed by atoms with Crippen LogP contribution >= 0.6 is 0 Å². The molecule has 60 heavy (non-hydrogen) atoms. The van der Waals surface area contributed by atoms with Crippen LogP contribution in [-0.4, -0.2) is 79.6 Å². The number of nitrogens with one attached hydrogen (secondary N) is 2. The summed E-state index contributed by atoms with van der Waals surface area (Å²) in [5.74, 6) is -5.17. The van der Waals surface area contributed by atoms with Crippen molar-refractivity contribution in [2.45, 2.75) is 106 Å². The van der Waals surface area contributed by atoms with E-state index in [-0.39, 0.29) is 56.4 Å². The van der Waals surface area contributed by atoms with Crippen molar-refractivity contribution in [1.82, 2.24) is 10.6 Å². The molecule has 318 valence electrons. The molecular weight excluding hydrogens is 758 g/mol. The molecule has 0 aromatic heterocycles. The maximum absolute atomic E-state index is 13.2. The van der Waals surface area contributed by atoms with E-state index in [0.29, 0.717) is 38.8 Å². The highest BCUT2D eigenvalue weighted by Gasteiger charge is 2.56. The van der Waals surface area contributed by atoms with Gasteiger partial charge in [0, 0.05) is 25.2 Å². The average Bonchev–Trinajstić information content (AvgIpc) is 3.21. The zero-order valence-corrected chi connectivity index (χ0v) is 34.2. The van der Waals surface area contributed by atoms with Crippen molar-refractivity contribution in [2.24, 2.45) is 29.2 Å². The Kier molecular flexibility index (Phi) is 15.4. The van der Waals surface area contributed by atoms with Crippen molar-refractivity contribution in [1.29, 1.82) is 0 Å². The number of carbonyl (C=O) groups is 2. The van der Waals surface area contributed by atoms with Crippen LogP contribution in [0.3, 0.4) is 0 Å². The maximum Gasteiger partial charge on any atom is 0.455 e. The Morgan fingerprint density at radius 2 is 1.07 bits per heavy atom. The van der Waals surface area contributed by atoms with Crippen molar-refractivity contribution in [3.8, 4) is 22.3 Å². The molecule has 6 rings (SSSR count). The molecule has 4 aromatic carbocycles. The van der Waals surface area contributed by atoms with Gasteiger partial charge in [-0.15, -0.1) is 0 Å². The van der Waals surface area contributed by atoms with Gasteiger partial charge in [0.1, 0.15) is 11.1 Å². The van der Waals surface area contributed by atoms with Gasteiger partial charge in [-0.25, -0.2) is 0 Å². The molecule has 0 radical (unpaired) electrons. The molecule has 12 N–H and O–H groups in total. The van der Waals surface area contributed by atoms with Crippen molar-refractivity contribution in [3.63, 3.8) is 0 Å². The lowest BCUT2D eigenvalue weighted by Gasteiger charge is -2.50. The van der Waals surface area contributed by atoms with Gasteiger partial charge in [-0.1, -0.05) is 128 Å². The first-order valence-electron chi connectivity index (χ1n) is 21.3. The molecule has 4 unspecified atom stereocenters. The van der Waals surface area contributed by atoms with Crippen LogP contribution in [0.15, 0.2) is 109 Å². The number of aliphatic carboxylic acids is 2. The summed E-state index contributed by atoms with van der Waals surface area (Å²) < 4.78 is 0. The van der Waals surface area contributed by atoms with E-state index in [1.165, 1.54) is 0 Å². The third-order valence-corrected chi connectivity index (χ3v) is 13.4. The predicted octanol–water partition coefficient (Wildman–Crippen LogP) is 4.90. The quantitative estimate of drug-likeness (QED) is 0.0451. The van der Waals surface area contributed by atoms with E-state index in [4.69, 9.17) is 11.5 Å². The number of hydrogen-bond acceptors (Lipinski definition) is 10. The van der Waals surface area contributed by atoms with E-state index < -0.39 is 54.9 Å². The highest BCUT2D eigenvalue weighted by Crippen LogP contribution is 2.48. The van der Waals surface area contributed by atoms with Crippen LogP contribution in [0.5, 0.6) is 0 Å². The van der Waals surface area contributed by atoms with Crippen LogP contribution in [0.4, 0.5) is 0 Å². The van der Waals surface area contributed by atoms with Crippen LogP contribution in [0, 0.1) is 17.8 Å². The Balaban J connectivity index is 1.04. The van der Waals surface area contributed by atoms with Gasteiger partial charge >= 0.3 is 26.2 Å². The maximum atomic E-state index is 13.2. The van der Waals surface area contributed by atoms with Gasteiger partial charge in [0.05, 0.1) is 0 Å². The standard InChI is InChI=1S/C46H60B2N4O8/c49-45(43(53)54,37-25-39(26-37)51-29-31-15-19-35(20-16-31)33-9-3-1-4-10-33)23-7-14-42(48(59)60)41(13-8-24-47(57)58)46(50,44(55)56)38-27-40(28-38)52-30-32-17-21-36(22-18-32)34-11-5-2-6-12-34/h1-6,9-12,15-22,37-42,51-52,57-60H,7-8,13-14,23-30,49-50H2,(H,53,54)(H,55,56). The molecule has 2 saturated carbocycles. The van der Waals surface area contributed by atoms with Gasteiger partial charge in [-0.05, 0) is 102 Å². The van der Waals surface area contributed by atoms with Gasteiger partial charge in [0.25, 0.3) is 0 Å². The second-order valence-corrected chi connectivity index (χ2v) is 17.2. The van der Waals surface area contributed by atoms with E-state index in [0.717, 1.165) is 33.4 Å². The zero-order chi connectivity index (χ0) is 42.9. The largest absolute Gasteiger partial charge is 0.480 e. The van der Waals surface area contributed by atoms with E-state index in [1.807, 2.05) is 36.4 Å². The van der Waals surface area contributed by atoms with E-state index in [9.17, 15) is 39.9 Å². The van der Waals surface area contributed by atoms with E-state index in [1.54, 1.807) is 0 Å². The summed E-state index contributed by atoms with van der Waals surface area (Å²) in [4.78, 5) is 25.8. The Labute approximate surface area is 353 Å². The minimum absolute atomic E-state index is 0.00195. The van der Waals surface area contributed by atoms with Crippen LogP contribution in [0.2, 0.25) is 12.1 Å². The van der Waals surface area contributed by atoms with Crippen LogP contribution in [0.25, 0.3) is 22.3 Å². The molecule has 0 spiro atoms. The molecular formula is C46H60B2N4O8. The lowest BCUT2D eigenvalue weighted by atomic mass is 9.51. The number of benzene rings is 4. The molecule has 12 nitrogen and oxygen atoms in total. The smallest absolute Gasteiger partial charge is 0.455 e.